The Balaban J connectivity index is 0.00000121. The molecular formula is C9H13FOS. The zero-order valence-corrected chi connectivity index (χ0v) is 7.20. The minimum absolute atomic E-state index is 0. The smallest absolute Gasteiger partial charge is 0.166 e. The van der Waals surface area contributed by atoms with E-state index in [4.69, 9.17) is 5.11 Å². The Morgan fingerprint density at radius 1 is 1.42 bits per heavy atom. The van der Waals surface area contributed by atoms with Crippen molar-refractivity contribution in [1.82, 2.24) is 0 Å². The van der Waals surface area contributed by atoms with Crippen LogP contribution in [-0.2, 0) is 0 Å². The van der Waals surface area contributed by atoms with Crippen LogP contribution in [0, 0.1) is 12.7 Å². The van der Waals surface area contributed by atoms with E-state index in [1.807, 2.05) is 6.26 Å². The lowest BCUT2D eigenvalue weighted by atomic mass is 10.2. The van der Waals surface area contributed by atoms with E-state index in [1.165, 1.54) is 17.8 Å². The van der Waals surface area contributed by atoms with Crippen molar-refractivity contribution in [2.45, 2.75) is 19.2 Å². The summed E-state index contributed by atoms with van der Waals surface area (Å²) in [5, 5.41) is 9.04. The summed E-state index contributed by atoms with van der Waals surface area (Å²) in [6, 6.07) is 3.08. The molecule has 0 aliphatic heterocycles. The van der Waals surface area contributed by atoms with Crippen LogP contribution in [0.5, 0.6) is 5.75 Å². The molecule has 0 saturated heterocycles. The van der Waals surface area contributed by atoms with Gasteiger partial charge in [0.1, 0.15) is 0 Å². The van der Waals surface area contributed by atoms with Gasteiger partial charge in [-0.25, -0.2) is 4.39 Å². The Morgan fingerprint density at radius 2 is 2.00 bits per heavy atom. The average Bonchev–Trinajstić information content (AvgIpc) is 1.99. The Kier molecular flexibility index (Phi) is 4.10. The van der Waals surface area contributed by atoms with E-state index >= 15 is 0 Å². The molecule has 1 aromatic carbocycles. The third-order valence-corrected chi connectivity index (χ3v) is 2.17. The monoisotopic (exact) mass is 188 g/mol. The van der Waals surface area contributed by atoms with E-state index in [1.54, 1.807) is 13.0 Å². The SMILES string of the molecule is C.CSc1cc(C)c(O)c(F)c1. The normalized spacial score (nSPS) is 9.25. The van der Waals surface area contributed by atoms with Gasteiger partial charge in [-0.05, 0) is 30.9 Å². The number of phenols is 1. The predicted molar refractivity (Wildman–Crippen MR) is 51.3 cm³/mol. The van der Waals surface area contributed by atoms with Gasteiger partial charge in [-0.3, -0.25) is 0 Å². The fourth-order valence-corrected chi connectivity index (χ4v) is 1.34. The number of hydrogen-bond acceptors (Lipinski definition) is 2. The zero-order valence-electron chi connectivity index (χ0n) is 6.39. The third-order valence-electron chi connectivity index (χ3n) is 1.46. The van der Waals surface area contributed by atoms with Gasteiger partial charge in [-0.2, -0.15) is 0 Å². The lowest BCUT2D eigenvalue weighted by Gasteiger charge is -2.02. The van der Waals surface area contributed by atoms with E-state index in [-0.39, 0.29) is 13.2 Å². The van der Waals surface area contributed by atoms with Crippen molar-refractivity contribution in [2.75, 3.05) is 6.26 Å². The van der Waals surface area contributed by atoms with Gasteiger partial charge in [0.25, 0.3) is 0 Å². The molecule has 0 aliphatic carbocycles. The Morgan fingerprint density at radius 3 is 2.42 bits per heavy atom. The van der Waals surface area contributed by atoms with Crippen molar-refractivity contribution >= 4 is 11.8 Å². The number of halogens is 1. The fourth-order valence-electron chi connectivity index (χ4n) is 0.823. The summed E-state index contributed by atoms with van der Waals surface area (Å²) < 4.78 is 12.8. The van der Waals surface area contributed by atoms with Crippen molar-refractivity contribution in [3.63, 3.8) is 0 Å². The van der Waals surface area contributed by atoms with Crippen molar-refractivity contribution in [3.8, 4) is 5.75 Å². The summed E-state index contributed by atoms with van der Waals surface area (Å²) in [5.74, 6) is -0.794. The molecule has 1 aromatic rings. The maximum Gasteiger partial charge on any atom is 0.166 e. The van der Waals surface area contributed by atoms with E-state index in [9.17, 15) is 4.39 Å². The zero-order chi connectivity index (χ0) is 8.43. The number of aromatic hydroxyl groups is 1. The molecule has 0 aliphatic rings. The summed E-state index contributed by atoms with van der Waals surface area (Å²) >= 11 is 1.45. The Bertz CT molecular complexity index is 250. The standard InChI is InChI=1S/C8H9FOS.CH4/c1-5-3-6(11-2)4-7(9)8(5)10;/h3-4,10H,1-2H3;1H4. The molecule has 0 bridgehead atoms. The molecule has 0 atom stereocenters. The Labute approximate surface area is 76.6 Å². The largest absolute Gasteiger partial charge is 0.505 e. The lowest BCUT2D eigenvalue weighted by molar-refractivity contribution is 0.427. The van der Waals surface area contributed by atoms with Gasteiger partial charge in [0.15, 0.2) is 11.6 Å². The van der Waals surface area contributed by atoms with Crippen molar-refractivity contribution in [2.24, 2.45) is 0 Å². The van der Waals surface area contributed by atoms with Crippen molar-refractivity contribution in [1.29, 1.82) is 0 Å². The molecule has 68 valence electrons. The minimum atomic E-state index is -0.547. The average molecular weight is 188 g/mol. The van der Waals surface area contributed by atoms with Gasteiger partial charge >= 0.3 is 0 Å². The summed E-state index contributed by atoms with van der Waals surface area (Å²) in [4.78, 5) is 0.831. The molecule has 0 unspecified atom stereocenters. The summed E-state index contributed by atoms with van der Waals surface area (Å²) in [6.45, 7) is 1.68. The minimum Gasteiger partial charge on any atom is -0.505 e. The highest BCUT2D eigenvalue weighted by Crippen LogP contribution is 2.26. The first kappa shape index (κ1) is 11.3. The third kappa shape index (κ3) is 2.14. The van der Waals surface area contributed by atoms with E-state index in [2.05, 4.69) is 0 Å². The van der Waals surface area contributed by atoms with Crippen LogP contribution in [0.4, 0.5) is 4.39 Å². The molecule has 0 heterocycles. The van der Waals surface area contributed by atoms with Gasteiger partial charge in [-0.15, -0.1) is 11.8 Å². The molecular weight excluding hydrogens is 175 g/mol. The highest BCUT2D eigenvalue weighted by atomic mass is 32.2. The molecule has 0 amide bonds. The number of benzene rings is 1. The molecule has 1 N–H and O–H groups in total. The first-order valence-corrected chi connectivity index (χ1v) is 4.40. The highest BCUT2D eigenvalue weighted by molar-refractivity contribution is 7.98. The topological polar surface area (TPSA) is 20.2 Å². The van der Waals surface area contributed by atoms with Crippen molar-refractivity contribution < 1.29 is 9.50 Å². The fraction of sp³-hybridized carbons (Fsp3) is 0.333. The maximum absolute atomic E-state index is 12.8. The van der Waals surface area contributed by atoms with Crippen LogP contribution < -0.4 is 0 Å². The van der Waals surface area contributed by atoms with Gasteiger partial charge in [-0.1, -0.05) is 7.43 Å². The highest BCUT2D eigenvalue weighted by Gasteiger charge is 2.04. The van der Waals surface area contributed by atoms with Crippen LogP contribution in [0.15, 0.2) is 17.0 Å². The molecule has 1 rings (SSSR count). The first-order chi connectivity index (χ1) is 5.15. The van der Waals surface area contributed by atoms with Gasteiger partial charge in [0.05, 0.1) is 0 Å². The van der Waals surface area contributed by atoms with E-state index < -0.39 is 5.82 Å². The molecule has 3 heteroatoms. The van der Waals surface area contributed by atoms with E-state index in [0.29, 0.717) is 5.56 Å². The quantitative estimate of drug-likeness (QED) is 0.683. The first-order valence-electron chi connectivity index (χ1n) is 3.18. The summed E-state index contributed by atoms with van der Waals surface area (Å²) in [5.41, 5.74) is 0.578. The number of phenolic OH excluding ortho intramolecular Hbond substituents is 1. The van der Waals surface area contributed by atoms with Crippen LogP contribution in [0.1, 0.15) is 13.0 Å². The number of hydrogen-bond donors (Lipinski definition) is 1. The summed E-state index contributed by atoms with van der Waals surface area (Å²) in [6.07, 6.45) is 1.87. The van der Waals surface area contributed by atoms with Crippen LogP contribution in [0.3, 0.4) is 0 Å². The molecule has 0 saturated carbocycles. The molecule has 0 radical (unpaired) electrons. The van der Waals surface area contributed by atoms with Crippen LogP contribution in [0.2, 0.25) is 0 Å². The van der Waals surface area contributed by atoms with Crippen LogP contribution in [0.25, 0.3) is 0 Å². The number of thioether (sulfide) groups is 1. The second-order valence-electron chi connectivity index (χ2n) is 2.27. The number of aryl methyl sites for hydroxylation is 1. The summed E-state index contributed by atoms with van der Waals surface area (Å²) in [7, 11) is 0. The second-order valence-corrected chi connectivity index (χ2v) is 3.15. The molecule has 0 fully saturated rings. The number of rotatable bonds is 1. The molecule has 12 heavy (non-hydrogen) atoms. The van der Waals surface area contributed by atoms with Crippen LogP contribution in [-0.4, -0.2) is 11.4 Å². The molecule has 1 nitrogen and oxygen atoms in total. The molecule has 0 aromatic heterocycles. The predicted octanol–water partition coefficient (Wildman–Crippen LogP) is 3.20. The van der Waals surface area contributed by atoms with Crippen molar-refractivity contribution in [3.05, 3.63) is 23.5 Å². The van der Waals surface area contributed by atoms with E-state index in [0.717, 1.165) is 4.90 Å². The van der Waals surface area contributed by atoms with Crippen LogP contribution >= 0.6 is 11.8 Å². The second kappa shape index (κ2) is 4.36. The maximum atomic E-state index is 12.8. The Hall–Kier alpha value is -0.700. The van der Waals surface area contributed by atoms with Gasteiger partial charge in [0.2, 0.25) is 0 Å². The molecule has 0 spiro atoms. The van der Waals surface area contributed by atoms with Gasteiger partial charge in [0, 0.05) is 4.90 Å². The lowest BCUT2D eigenvalue weighted by Crippen LogP contribution is -1.82. The van der Waals surface area contributed by atoms with Gasteiger partial charge < -0.3 is 5.11 Å².